The fourth-order valence-corrected chi connectivity index (χ4v) is 8.02. The number of nitrogens with zero attached hydrogens (tertiary/aromatic N) is 3. The summed E-state index contributed by atoms with van der Waals surface area (Å²) < 4.78 is 55.4. The number of carbonyl (C=O) groups excluding carboxylic acids is 1. The number of esters is 1. The Bertz CT molecular complexity index is 743. The molecule has 1 aromatic rings. The zero-order chi connectivity index (χ0) is 23.7. The molecule has 0 atom stereocenters. The van der Waals surface area contributed by atoms with Crippen molar-refractivity contribution in [1.82, 2.24) is 15.0 Å². The Morgan fingerprint density at radius 1 is 0.968 bits per heavy atom. The molecular formula is C18H35N3O8P2. The van der Waals surface area contributed by atoms with Gasteiger partial charge in [0.2, 0.25) is 0 Å². The molecule has 0 spiro atoms. The fourth-order valence-electron chi connectivity index (χ4n) is 2.74. The first-order valence-corrected chi connectivity index (χ1v) is 13.5. The molecule has 0 aliphatic carbocycles. The highest BCUT2D eigenvalue weighted by Crippen LogP contribution is 2.71. The maximum absolute atomic E-state index is 13.5. The van der Waals surface area contributed by atoms with Crippen LogP contribution in [0, 0.1) is 0 Å². The third-order valence-corrected chi connectivity index (χ3v) is 9.65. The van der Waals surface area contributed by atoms with Crippen LogP contribution in [0.2, 0.25) is 0 Å². The zero-order valence-corrected chi connectivity index (χ0v) is 21.2. The Kier molecular flexibility index (Phi) is 11.0. The van der Waals surface area contributed by atoms with Crippen LogP contribution in [0.5, 0.6) is 0 Å². The van der Waals surface area contributed by atoms with Crippen LogP contribution in [-0.4, -0.2) is 58.4 Å². The summed E-state index contributed by atoms with van der Waals surface area (Å²) in [6.07, 6.45) is 1.38. The smallest absolute Gasteiger partial charge is 0.346 e. The molecule has 31 heavy (non-hydrogen) atoms. The topological polar surface area (TPSA) is 128 Å². The molecule has 0 amide bonds. The van der Waals surface area contributed by atoms with Crippen LogP contribution in [0.4, 0.5) is 0 Å². The van der Waals surface area contributed by atoms with E-state index in [0.29, 0.717) is 5.69 Å². The molecule has 0 fully saturated rings. The maximum atomic E-state index is 13.5. The Hall–Kier alpha value is -1.09. The van der Waals surface area contributed by atoms with Gasteiger partial charge < -0.3 is 22.8 Å². The van der Waals surface area contributed by atoms with Gasteiger partial charge >= 0.3 is 21.2 Å². The van der Waals surface area contributed by atoms with Crippen LogP contribution in [-0.2, 0) is 49.7 Å². The predicted molar refractivity (Wildman–Crippen MR) is 115 cm³/mol. The lowest BCUT2D eigenvalue weighted by Gasteiger charge is -2.30. The first kappa shape index (κ1) is 27.9. The molecule has 0 aromatic carbocycles. The molecule has 0 saturated heterocycles. The highest BCUT2D eigenvalue weighted by atomic mass is 31.2. The first-order chi connectivity index (χ1) is 14.4. The number of carbonyl (C=O) groups is 1. The van der Waals surface area contributed by atoms with Gasteiger partial charge in [-0.1, -0.05) is 5.21 Å². The average molecular weight is 483 g/mol. The van der Waals surface area contributed by atoms with E-state index in [0.717, 1.165) is 0 Å². The lowest BCUT2D eigenvalue weighted by atomic mass is 10.2. The molecular weight excluding hydrogens is 448 g/mol. The lowest BCUT2D eigenvalue weighted by molar-refractivity contribution is -0.155. The van der Waals surface area contributed by atoms with Gasteiger partial charge in [0.25, 0.3) is 0 Å². The third-order valence-electron chi connectivity index (χ3n) is 3.66. The van der Waals surface area contributed by atoms with Crippen LogP contribution in [0.15, 0.2) is 6.20 Å². The molecule has 180 valence electrons. The van der Waals surface area contributed by atoms with Crippen LogP contribution >= 0.6 is 15.2 Å². The molecule has 0 saturated carbocycles. The normalized spacial score (nSPS) is 13.0. The second-order valence-electron chi connectivity index (χ2n) is 7.43. The van der Waals surface area contributed by atoms with Crippen LogP contribution in [0.1, 0.15) is 54.2 Å². The quantitative estimate of drug-likeness (QED) is 0.283. The van der Waals surface area contributed by atoms with Crippen molar-refractivity contribution in [3.8, 4) is 0 Å². The summed E-state index contributed by atoms with van der Waals surface area (Å²) in [6.45, 7) is 12.1. The van der Waals surface area contributed by atoms with Gasteiger partial charge in [0.15, 0.2) is 5.40 Å². The number of hydrogen-bond acceptors (Lipinski definition) is 10. The molecule has 13 heteroatoms. The summed E-state index contributed by atoms with van der Waals surface area (Å²) in [5.41, 5.74) is -0.303. The van der Waals surface area contributed by atoms with Crippen molar-refractivity contribution in [2.24, 2.45) is 0 Å². The van der Waals surface area contributed by atoms with Gasteiger partial charge in [-0.3, -0.25) is 13.9 Å². The van der Waals surface area contributed by atoms with Crippen molar-refractivity contribution in [2.45, 2.75) is 72.4 Å². The number of ether oxygens (including phenoxy) is 1. The molecule has 1 aromatic heterocycles. The predicted octanol–water partition coefficient (Wildman–Crippen LogP) is 4.02. The van der Waals surface area contributed by atoms with E-state index in [1.165, 1.54) is 10.9 Å². The largest absolute Gasteiger partial charge is 0.459 e. The Morgan fingerprint density at radius 2 is 1.42 bits per heavy atom. The molecule has 1 rings (SSSR count). The monoisotopic (exact) mass is 483 g/mol. The minimum Gasteiger partial charge on any atom is -0.459 e. The molecule has 0 unspecified atom stereocenters. The summed E-state index contributed by atoms with van der Waals surface area (Å²) >= 11 is 0. The van der Waals surface area contributed by atoms with Gasteiger partial charge in [0, 0.05) is 12.6 Å². The Labute approximate surface area is 184 Å². The van der Waals surface area contributed by atoms with Crippen molar-refractivity contribution < 1.29 is 36.8 Å². The molecule has 0 bridgehead atoms. The molecule has 0 N–H and O–H groups in total. The van der Waals surface area contributed by atoms with Crippen LogP contribution in [0.25, 0.3) is 0 Å². The summed E-state index contributed by atoms with van der Waals surface area (Å²) in [6, 6.07) is 0. The van der Waals surface area contributed by atoms with Crippen LogP contribution < -0.4 is 0 Å². The fraction of sp³-hybridized carbons (Fsp3) is 0.833. The van der Waals surface area contributed by atoms with E-state index < -0.39 is 32.2 Å². The van der Waals surface area contributed by atoms with Crippen molar-refractivity contribution in [2.75, 3.05) is 26.4 Å². The highest BCUT2D eigenvalue weighted by Gasteiger charge is 2.51. The number of rotatable bonds is 14. The second-order valence-corrected chi connectivity index (χ2v) is 12.3. The number of aromatic nitrogens is 3. The molecule has 1 heterocycles. The third kappa shape index (κ3) is 8.75. The van der Waals surface area contributed by atoms with Gasteiger partial charge in [-0.15, -0.1) is 5.10 Å². The van der Waals surface area contributed by atoms with E-state index in [9.17, 15) is 13.9 Å². The second kappa shape index (κ2) is 12.2. The van der Waals surface area contributed by atoms with Crippen LogP contribution in [0.3, 0.4) is 0 Å². The Morgan fingerprint density at radius 3 is 1.81 bits per heavy atom. The average Bonchev–Trinajstić information content (AvgIpc) is 3.05. The minimum absolute atomic E-state index is 0.0807. The summed E-state index contributed by atoms with van der Waals surface area (Å²) in [4.78, 5) is 12.0. The van der Waals surface area contributed by atoms with E-state index in [1.54, 1.807) is 48.5 Å². The lowest BCUT2D eigenvalue weighted by Crippen LogP contribution is -2.26. The minimum atomic E-state index is -3.90. The Balaban J connectivity index is 3.21. The van der Waals surface area contributed by atoms with E-state index in [1.807, 2.05) is 0 Å². The van der Waals surface area contributed by atoms with Gasteiger partial charge in [0.1, 0.15) is 12.1 Å². The van der Waals surface area contributed by atoms with Gasteiger partial charge in [-0.25, -0.2) is 4.68 Å². The molecule has 0 aliphatic heterocycles. The van der Waals surface area contributed by atoms with Gasteiger partial charge in [0.05, 0.1) is 32.1 Å². The van der Waals surface area contributed by atoms with Crippen molar-refractivity contribution in [3.63, 3.8) is 0 Å². The van der Waals surface area contributed by atoms with Crippen molar-refractivity contribution in [1.29, 1.82) is 0 Å². The number of hydrogen-bond donors (Lipinski definition) is 0. The zero-order valence-electron chi connectivity index (χ0n) is 19.4. The van der Waals surface area contributed by atoms with E-state index >= 15 is 0 Å². The SMILES string of the molecule is CCOP(=O)(OCC)C(Cc1cn(CC(=O)OC(C)(C)C)nn1)P(=O)(OCC)OCC. The summed E-state index contributed by atoms with van der Waals surface area (Å²) in [7, 11) is -7.81. The molecule has 0 aliphatic rings. The standard InChI is InChI=1S/C18H35N3O8P2/c1-8-25-30(23,26-9-2)17(31(24,27-10-3)28-11-4)12-15-13-21(20-19-15)14-16(22)29-18(5,6)7/h13,17H,8-12,14H2,1-7H3. The van der Waals surface area contributed by atoms with E-state index in [-0.39, 0.29) is 39.4 Å². The molecule has 11 nitrogen and oxygen atoms in total. The van der Waals surface area contributed by atoms with E-state index in [2.05, 4.69) is 10.3 Å². The maximum Gasteiger partial charge on any atom is 0.346 e. The van der Waals surface area contributed by atoms with Gasteiger partial charge in [-0.05, 0) is 48.5 Å². The highest BCUT2D eigenvalue weighted by molar-refractivity contribution is 7.72. The van der Waals surface area contributed by atoms with Gasteiger partial charge in [-0.2, -0.15) is 0 Å². The summed E-state index contributed by atoms with van der Waals surface area (Å²) in [5, 5.41) is 6.68. The van der Waals surface area contributed by atoms with E-state index in [4.69, 9.17) is 22.8 Å². The molecule has 0 radical (unpaired) electrons. The van der Waals surface area contributed by atoms with Crippen molar-refractivity contribution in [3.05, 3.63) is 11.9 Å². The summed E-state index contributed by atoms with van der Waals surface area (Å²) in [5.74, 6) is -0.482. The van der Waals surface area contributed by atoms with Crippen molar-refractivity contribution >= 4 is 21.2 Å². The first-order valence-electron chi connectivity index (χ1n) is 10.3.